The standard InChI is InChI=1S/C36H41N3O2/c1-5-37-30-16-32-28(11-21(30)3)36(29-12-22(4)31(38-6-2)17-33(29)41-32)27-10-8-7-9-26(27)34(40)39(36)35-18-23-13-24(19-35)15-25(14-23)20-35/h7-12,16-17,23-25,37-38H,5-6,13-15,18-20H2,1-4H3. The van der Waals surface area contributed by atoms with Gasteiger partial charge in [0.15, 0.2) is 0 Å². The normalized spacial score (nSPS) is 27.9. The fourth-order valence-electron chi connectivity index (χ4n) is 9.96. The van der Waals surface area contributed by atoms with E-state index in [1.165, 1.54) is 30.4 Å². The molecule has 212 valence electrons. The summed E-state index contributed by atoms with van der Waals surface area (Å²) in [5.74, 6) is 4.08. The van der Waals surface area contributed by atoms with Crippen LogP contribution < -0.4 is 15.4 Å². The molecule has 4 saturated carbocycles. The molecular formula is C36H41N3O2. The average Bonchev–Trinajstić information content (AvgIpc) is 3.20. The van der Waals surface area contributed by atoms with Crippen LogP contribution in [0.15, 0.2) is 48.5 Å². The van der Waals surface area contributed by atoms with Gasteiger partial charge in [-0.3, -0.25) is 4.79 Å². The SMILES string of the molecule is CCNc1cc2c(cc1C)C1(c3cc(C)c(NCC)cc3O2)c2ccccc2C(=O)N1C12CC3CC(CC(C3)C1)C2. The van der Waals surface area contributed by atoms with Gasteiger partial charge >= 0.3 is 0 Å². The molecule has 1 spiro atoms. The van der Waals surface area contributed by atoms with Gasteiger partial charge in [0.25, 0.3) is 5.91 Å². The van der Waals surface area contributed by atoms with Gasteiger partial charge in [-0.15, -0.1) is 0 Å². The third-order valence-electron chi connectivity index (χ3n) is 11.0. The molecule has 6 aliphatic rings. The molecule has 0 atom stereocenters. The van der Waals surface area contributed by atoms with E-state index in [-0.39, 0.29) is 11.4 Å². The van der Waals surface area contributed by atoms with Crippen LogP contribution in [0.25, 0.3) is 0 Å². The van der Waals surface area contributed by atoms with Crippen molar-refractivity contribution in [1.82, 2.24) is 4.90 Å². The van der Waals surface area contributed by atoms with Crippen molar-refractivity contribution < 1.29 is 9.53 Å². The second-order valence-electron chi connectivity index (χ2n) is 13.5. The minimum absolute atomic E-state index is 0.140. The van der Waals surface area contributed by atoms with Crippen molar-refractivity contribution >= 4 is 17.3 Å². The first-order chi connectivity index (χ1) is 19.9. The first-order valence-electron chi connectivity index (χ1n) is 15.8. The Bertz CT molecular complexity index is 1490. The molecule has 2 aliphatic heterocycles. The highest BCUT2D eigenvalue weighted by Crippen LogP contribution is 2.66. The van der Waals surface area contributed by atoms with Crippen LogP contribution in [0.5, 0.6) is 11.5 Å². The molecule has 0 unspecified atom stereocenters. The number of anilines is 2. The van der Waals surface area contributed by atoms with Crippen LogP contribution in [0.4, 0.5) is 11.4 Å². The quantitative estimate of drug-likeness (QED) is 0.340. The highest BCUT2D eigenvalue weighted by Gasteiger charge is 2.65. The lowest BCUT2D eigenvalue weighted by Crippen LogP contribution is -2.65. The van der Waals surface area contributed by atoms with Crippen LogP contribution in [0, 0.1) is 31.6 Å². The molecule has 3 aromatic rings. The molecule has 5 nitrogen and oxygen atoms in total. The van der Waals surface area contributed by atoms with Crippen LogP contribution in [0.3, 0.4) is 0 Å². The second kappa shape index (κ2) is 8.77. The van der Waals surface area contributed by atoms with Crippen molar-refractivity contribution in [3.63, 3.8) is 0 Å². The van der Waals surface area contributed by atoms with E-state index in [4.69, 9.17) is 4.74 Å². The number of carbonyl (C=O) groups excluding carboxylic acids is 1. The summed E-state index contributed by atoms with van der Waals surface area (Å²) in [5.41, 5.74) is 7.84. The molecule has 4 fully saturated rings. The predicted molar refractivity (Wildman–Crippen MR) is 164 cm³/mol. The molecule has 9 rings (SSSR count). The lowest BCUT2D eigenvalue weighted by Gasteiger charge is -2.63. The Labute approximate surface area is 243 Å². The Hall–Kier alpha value is -3.47. The number of benzene rings is 3. The first-order valence-corrected chi connectivity index (χ1v) is 15.8. The second-order valence-corrected chi connectivity index (χ2v) is 13.5. The minimum atomic E-state index is -0.729. The summed E-state index contributed by atoms with van der Waals surface area (Å²) >= 11 is 0. The number of hydrogen-bond donors (Lipinski definition) is 2. The van der Waals surface area contributed by atoms with Crippen LogP contribution in [-0.4, -0.2) is 29.4 Å². The molecule has 0 saturated heterocycles. The minimum Gasteiger partial charge on any atom is -0.456 e. The van der Waals surface area contributed by atoms with Gasteiger partial charge in [-0.1, -0.05) is 18.2 Å². The van der Waals surface area contributed by atoms with E-state index in [1.807, 2.05) is 6.07 Å². The number of ether oxygens (including phenoxy) is 1. The highest BCUT2D eigenvalue weighted by atomic mass is 16.5. The monoisotopic (exact) mass is 547 g/mol. The molecule has 4 bridgehead atoms. The summed E-state index contributed by atoms with van der Waals surface area (Å²) < 4.78 is 6.85. The maximum absolute atomic E-state index is 15.0. The molecular weight excluding hydrogens is 506 g/mol. The predicted octanol–water partition coefficient (Wildman–Crippen LogP) is 7.99. The van der Waals surface area contributed by atoms with Crippen molar-refractivity contribution in [3.05, 3.63) is 81.9 Å². The van der Waals surface area contributed by atoms with Gasteiger partial charge in [0.05, 0.1) is 0 Å². The molecule has 1 amide bonds. The van der Waals surface area contributed by atoms with Crippen LogP contribution in [0.1, 0.15) is 90.5 Å². The van der Waals surface area contributed by atoms with Crippen molar-refractivity contribution in [2.45, 2.75) is 77.3 Å². The van der Waals surface area contributed by atoms with E-state index >= 15 is 0 Å². The molecule has 2 N–H and O–H groups in total. The maximum atomic E-state index is 15.0. The summed E-state index contributed by atoms with van der Waals surface area (Å²) in [6.07, 6.45) is 7.38. The number of fused-ring (bicyclic) bond motifs is 6. The number of rotatable bonds is 5. The Kier molecular flexibility index (Phi) is 5.40. The number of nitrogens with zero attached hydrogens (tertiary/aromatic N) is 1. The van der Waals surface area contributed by atoms with Gasteiger partial charge in [-0.05, 0) is 119 Å². The maximum Gasteiger partial charge on any atom is 0.255 e. The Morgan fingerprint density at radius 3 is 1.80 bits per heavy atom. The lowest BCUT2D eigenvalue weighted by molar-refractivity contribution is -0.0939. The van der Waals surface area contributed by atoms with Gasteiger partial charge in [0.2, 0.25) is 0 Å². The van der Waals surface area contributed by atoms with E-state index < -0.39 is 5.54 Å². The molecule has 0 aromatic heterocycles. The first kappa shape index (κ1) is 25.3. The molecule has 2 heterocycles. The zero-order chi connectivity index (χ0) is 28.1. The Morgan fingerprint density at radius 2 is 1.29 bits per heavy atom. The molecule has 41 heavy (non-hydrogen) atoms. The molecule has 3 aromatic carbocycles. The van der Waals surface area contributed by atoms with Gasteiger partial charge in [-0.2, -0.15) is 0 Å². The number of amides is 1. The van der Waals surface area contributed by atoms with Crippen LogP contribution in [-0.2, 0) is 5.54 Å². The van der Waals surface area contributed by atoms with E-state index in [0.29, 0.717) is 0 Å². The zero-order valence-electron chi connectivity index (χ0n) is 24.8. The lowest BCUT2D eigenvalue weighted by atomic mass is 9.51. The third kappa shape index (κ3) is 3.32. The number of carbonyl (C=O) groups is 1. The summed E-state index contributed by atoms with van der Waals surface area (Å²) in [7, 11) is 0. The fourth-order valence-corrected chi connectivity index (χ4v) is 9.96. The summed E-state index contributed by atoms with van der Waals surface area (Å²) in [6, 6.07) is 17.4. The fraction of sp³-hybridized carbons (Fsp3) is 0.472. The van der Waals surface area contributed by atoms with Crippen LogP contribution in [0.2, 0.25) is 0 Å². The smallest absolute Gasteiger partial charge is 0.255 e. The average molecular weight is 548 g/mol. The summed E-state index contributed by atoms with van der Waals surface area (Å²) in [5, 5.41) is 7.09. The van der Waals surface area contributed by atoms with Gasteiger partial charge in [0, 0.05) is 58.8 Å². The molecule has 5 heteroatoms. The number of aryl methyl sites for hydroxylation is 2. The van der Waals surface area contributed by atoms with E-state index in [0.717, 1.165) is 95.2 Å². The van der Waals surface area contributed by atoms with Crippen LogP contribution >= 0.6 is 0 Å². The van der Waals surface area contributed by atoms with Crippen molar-refractivity contribution in [2.24, 2.45) is 17.8 Å². The van der Waals surface area contributed by atoms with Crippen molar-refractivity contribution in [3.8, 4) is 11.5 Å². The van der Waals surface area contributed by atoms with E-state index in [1.54, 1.807) is 0 Å². The molecule has 4 aliphatic carbocycles. The van der Waals surface area contributed by atoms with Crippen molar-refractivity contribution in [2.75, 3.05) is 23.7 Å². The van der Waals surface area contributed by atoms with E-state index in [2.05, 4.69) is 85.7 Å². The summed E-state index contributed by atoms with van der Waals surface area (Å²) in [4.78, 5) is 17.4. The Morgan fingerprint density at radius 1 is 0.780 bits per heavy atom. The largest absolute Gasteiger partial charge is 0.456 e. The molecule has 0 radical (unpaired) electrons. The van der Waals surface area contributed by atoms with Crippen molar-refractivity contribution in [1.29, 1.82) is 0 Å². The van der Waals surface area contributed by atoms with E-state index in [9.17, 15) is 4.79 Å². The Balaban J connectivity index is 1.47. The highest BCUT2D eigenvalue weighted by molar-refractivity contribution is 6.03. The number of hydrogen-bond acceptors (Lipinski definition) is 4. The van der Waals surface area contributed by atoms with Gasteiger partial charge < -0.3 is 20.3 Å². The third-order valence-corrected chi connectivity index (χ3v) is 11.0. The van der Waals surface area contributed by atoms with Gasteiger partial charge in [0.1, 0.15) is 17.0 Å². The topological polar surface area (TPSA) is 53.6 Å². The zero-order valence-corrected chi connectivity index (χ0v) is 24.8. The summed E-state index contributed by atoms with van der Waals surface area (Å²) in [6.45, 7) is 10.3. The van der Waals surface area contributed by atoms with Gasteiger partial charge in [-0.25, -0.2) is 0 Å². The number of nitrogens with one attached hydrogen (secondary N) is 2.